The molecule has 0 spiro atoms. The normalized spacial score (nSPS) is 15.3. The lowest BCUT2D eigenvalue weighted by Gasteiger charge is -2.36. The summed E-state index contributed by atoms with van der Waals surface area (Å²) in [5.41, 5.74) is 9.81. The molecule has 0 N–H and O–H groups in total. The molecule has 2 aliphatic heterocycles. The maximum Gasteiger partial charge on any atom is 0.415 e. The molecule has 0 saturated carbocycles. The van der Waals surface area contributed by atoms with Crippen molar-refractivity contribution < 1.29 is 19.1 Å². The fraction of sp³-hybridized carbons (Fsp3) is 0.262. The predicted molar refractivity (Wildman–Crippen MR) is 196 cm³/mol. The van der Waals surface area contributed by atoms with Crippen molar-refractivity contribution in [2.45, 2.75) is 52.7 Å². The molecule has 4 aromatic carbocycles. The van der Waals surface area contributed by atoms with E-state index in [2.05, 4.69) is 25.1 Å². The van der Waals surface area contributed by atoms with Gasteiger partial charge in [0.25, 0.3) is 11.8 Å². The fourth-order valence-electron chi connectivity index (χ4n) is 7.15. The molecule has 8 nitrogen and oxygen atoms in total. The van der Waals surface area contributed by atoms with E-state index in [1.54, 1.807) is 29.0 Å². The zero-order valence-corrected chi connectivity index (χ0v) is 29.3. The van der Waals surface area contributed by atoms with Crippen LogP contribution in [0.1, 0.15) is 61.2 Å². The summed E-state index contributed by atoms with van der Waals surface area (Å²) < 4.78 is 7.72. The number of amides is 3. The first-order valence-corrected chi connectivity index (χ1v) is 17.2. The number of ether oxygens (including phenoxy) is 1. The zero-order valence-electron chi connectivity index (χ0n) is 29.3. The van der Waals surface area contributed by atoms with Crippen LogP contribution in [0.3, 0.4) is 0 Å². The van der Waals surface area contributed by atoms with E-state index in [1.807, 2.05) is 97.1 Å². The standard InChI is InChI=1S/C42H42N4O4/c1-27-15-17-35(18-16-27)50-42(49)45-20-19-31-22-37(39-24-36(29(3)43(39)4)40(47)44(5)34-13-7-6-8-14-34)38(23-33(31)25-45)41(48)46-26-32-12-10-9-11-30(32)21-28(46)2/h6-18,22-24,28H,19-21,25-26H2,1-5H3/t28-/m0/s1. The first-order valence-electron chi connectivity index (χ1n) is 17.2. The molecule has 50 heavy (non-hydrogen) atoms. The molecule has 7 rings (SSSR count). The summed E-state index contributed by atoms with van der Waals surface area (Å²) in [5, 5.41) is 0. The summed E-state index contributed by atoms with van der Waals surface area (Å²) >= 11 is 0. The minimum Gasteiger partial charge on any atom is -0.410 e. The lowest BCUT2D eigenvalue weighted by atomic mass is 9.90. The second-order valence-electron chi connectivity index (χ2n) is 13.6. The van der Waals surface area contributed by atoms with Crippen LogP contribution in [0, 0.1) is 13.8 Å². The molecule has 1 aromatic heterocycles. The molecule has 0 radical (unpaired) electrons. The van der Waals surface area contributed by atoms with Gasteiger partial charge >= 0.3 is 6.09 Å². The van der Waals surface area contributed by atoms with Crippen molar-refractivity contribution in [1.29, 1.82) is 0 Å². The summed E-state index contributed by atoms with van der Waals surface area (Å²) in [6.07, 6.45) is 0.967. The van der Waals surface area contributed by atoms with Gasteiger partial charge < -0.3 is 24.0 Å². The average molecular weight is 667 g/mol. The Morgan fingerprint density at radius 3 is 2.22 bits per heavy atom. The lowest BCUT2D eigenvalue weighted by molar-refractivity contribution is 0.0658. The number of para-hydroxylation sites is 1. The number of hydrogen-bond acceptors (Lipinski definition) is 4. The van der Waals surface area contributed by atoms with Crippen LogP contribution in [-0.2, 0) is 33.0 Å². The van der Waals surface area contributed by atoms with E-state index in [-0.39, 0.29) is 17.9 Å². The Kier molecular flexibility index (Phi) is 8.78. The molecular formula is C42H42N4O4. The third-order valence-corrected chi connectivity index (χ3v) is 10.3. The van der Waals surface area contributed by atoms with Crippen LogP contribution in [0.4, 0.5) is 10.5 Å². The monoisotopic (exact) mass is 666 g/mol. The maximum atomic E-state index is 14.8. The summed E-state index contributed by atoms with van der Waals surface area (Å²) in [5.74, 6) is 0.307. The molecule has 3 amide bonds. The third-order valence-electron chi connectivity index (χ3n) is 10.3. The molecule has 0 unspecified atom stereocenters. The highest BCUT2D eigenvalue weighted by Gasteiger charge is 2.32. The van der Waals surface area contributed by atoms with E-state index >= 15 is 0 Å². The molecule has 0 saturated heterocycles. The molecular weight excluding hydrogens is 624 g/mol. The Balaban J connectivity index is 1.27. The number of benzene rings is 4. The van der Waals surface area contributed by atoms with Crippen LogP contribution < -0.4 is 9.64 Å². The molecule has 3 heterocycles. The lowest BCUT2D eigenvalue weighted by Crippen LogP contribution is -2.43. The van der Waals surface area contributed by atoms with E-state index < -0.39 is 6.09 Å². The third kappa shape index (κ3) is 6.17. The van der Waals surface area contributed by atoms with Gasteiger partial charge in [-0.1, -0.05) is 60.2 Å². The maximum absolute atomic E-state index is 14.8. The first kappa shape index (κ1) is 32.9. The van der Waals surface area contributed by atoms with Crippen molar-refractivity contribution in [3.63, 3.8) is 0 Å². The average Bonchev–Trinajstić information content (AvgIpc) is 3.43. The first-order chi connectivity index (χ1) is 24.1. The Bertz CT molecular complexity index is 2100. The number of hydrogen-bond donors (Lipinski definition) is 0. The van der Waals surface area contributed by atoms with Crippen LogP contribution in [0.2, 0.25) is 0 Å². The van der Waals surface area contributed by atoms with Crippen LogP contribution >= 0.6 is 0 Å². The van der Waals surface area contributed by atoms with Crippen molar-refractivity contribution in [3.8, 4) is 17.0 Å². The molecule has 1 atom stereocenters. The fourth-order valence-corrected chi connectivity index (χ4v) is 7.15. The van der Waals surface area contributed by atoms with Gasteiger partial charge in [0.2, 0.25) is 0 Å². The van der Waals surface area contributed by atoms with Crippen LogP contribution in [0.5, 0.6) is 5.75 Å². The van der Waals surface area contributed by atoms with E-state index in [0.717, 1.165) is 51.3 Å². The van der Waals surface area contributed by atoms with Crippen LogP contribution in [0.25, 0.3) is 11.3 Å². The number of anilines is 1. The Morgan fingerprint density at radius 1 is 0.780 bits per heavy atom. The quantitative estimate of drug-likeness (QED) is 0.193. The van der Waals surface area contributed by atoms with E-state index in [1.165, 1.54) is 5.56 Å². The van der Waals surface area contributed by atoms with Gasteiger partial charge in [-0.15, -0.1) is 0 Å². The highest BCUT2D eigenvalue weighted by atomic mass is 16.6. The van der Waals surface area contributed by atoms with Gasteiger partial charge in [-0.25, -0.2) is 4.79 Å². The second-order valence-corrected chi connectivity index (χ2v) is 13.6. The van der Waals surface area contributed by atoms with Gasteiger partial charge in [0, 0.05) is 68.0 Å². The van der Waals surface area contributed by atoms with Crippen molar-refractivity contribution in [1.82, 2.24) is 14.4 Å². The summed E-state index contributed by atoms with van der Waals surface area (Å²) in [4.78, 5) is 47.2. The summed E-state index contributed by atoms with van der Waals surface area (Å²) in [6, 6.07) is 31.3. The molecule has 0 fully saturated rings. The topological polar surface area (TPSA) is 75.1 Å². The van der Waals surface area contributed by atoms with Crippen molar-refractivity contribution in [2.75, 3.05) is 18.5 Å². The molecule has 0 aliphatic carbocycles. The van der Waals surface area contributed by atoms with Crippen LogP contribution in [-0.4, -0.2) is 51.9 Å². The number of rotatable bonds is 5. The highest BCUT2D eigenvalue weighted by Crippen LogP contribution is 2.36. The smallest absolute Gasteiger partial charge is 0.410 e. The van der Waals surface area contributed by atoms with Gasteiger partial charge in [-0.05, 0) is 98.3 Å². The van der Waals surface area contributed by atoms with Gasteiger partial charge in [0.15, 0.2) is 0 Å². The van der Waals surface area contributed by atoms with Crippen molar-refractivity contribution in [2.24, 2.45) is 7.05 Å². The second kappa shape index (κ2) is 13.3. The number of carbonyl (C=O) groups excluding carboxylic acids is 3. The van der Waals surface area contributed by atoms with E-state index in [4.69, 9.17) is 4.74 Å². The molecule has 254 valence electrons. The number of aromatic nitrogens is 1. The molecule has 5 aromatic rings. The number of fused-ring (bicyclic) bond motifs is 2. The Morgan fingerprint density at radius 2 is 1.48 bits per heavy atom. The number of nitrogens with zero attached hydrogens (tertiary/aromatic N) is 4. The Labute approximate surface area is 293 Å². The number of carbonyl (C=O) groups is 3. The molecule has 2 aliphatic rings. The van der Waals surface area contributed by atoms with Gasteiger partial charge in [-0.2, -0.15) is 0 Å². The SMILES string of the molecule is Cc1ccc(OC(=O)N2CCc3cc(-c4cc(C(=O)N(C)c5ccccc5)c(C)n4C)c(C(=O)N4Cc5ccccc5C[C@@H]4C)cc3C2)cc1. The predicted octanol–water partition coefficient (Wildman–Crippen LogP) is 7.73. The minimum absolute atomic E-state index is 0.00548. The van der Waals surface area contributed by atoms with Gasteiger partial charge in [-0.3, -0.25) is 9.59 Å². The largest absolute Gasteiger partial charge is 0.415 e. The number of aryl methyl sites for hydroxylation is 1. The van der Waals surface area contributed by atoms with Crippen LogP contribution in [0.15, 0.2) is 97.1 Å². The Hall–Kier alpha value is -5.63. The molecule has 0 bridgehead atoms. The highest BCUT2D eigenvalue weighted by molar-refractivity contribution is 6.08. The van der Waals surface area contributed by atoms with E-state index in [9.17, 15) is 14.4 Å². The van der Waals surface area contributed by atoms with Crippen molar-refractivity contribution >= 4 is 23.6 Å². The van der Waals surface area contributed by atoms with Gasteiger partial charge in [0.05, 0.1) is 5.56 Å². The minimum atomic E-state index is -0.415. The van der Waals surface area contributed by atoms with Gasteiger partial charge in [0.1, 0.15) is 5.75 Å². The zero-order chi connectivity index (χ0) is 35.1. The summed E-state index contributed by atoms with van der Waals surface area (Å²) in [7, 11) is 3.73. The molecule has 8 heteroatoms. The summed E-state index contributed by atoms with van der Waals surface area (Å²) in [6.45, 7) is 7.36. The van der Waals surface area contributed by atoms with Crippen molar-refractivity contribution in [3.05, 3.63) is 142 Å². The van der Waals surface area contributed by atoms with E-state index in [0.29, 0.717) is 42.9 Å².